The van der Waals surface area contributed by atoms with E-state index in [1.54, 1.807) is 0 Å². The van der Waals surface area contributed by atoms with Gasteiger partial charge in [0, 0.05) is 26.9 Å². The quantitative estimate of drug-likeness (QED) is 0.202. The third-order valence-corrected chi connectivity index (χ3v) is 10.1. The number of thiol groups is 1. The van der Waals surface area contributed by atoms with Crippen LogP contribution >= 0.6 is 103 Å². The van der Waals surface area contributed by atoms with E-state index in [1.165, 1.54) is 0 Å². The molecule has 0 unspecified atom stereocenters. The Hall–Kier alpha value is 2.29. The highest BCUT2D eigenvalue weighted by Gasteiger charge is 2.36. The molecule has 0 aliphatic carbocycles. The first-order valence-electron chi connectivity index (χ1n) is 6.05. The highest BCUT2D eigenvalue weighted by atomic mass is 127. The average Bonchev–Trinajstić information content (AvgIpc) is 2.30. The first-order valence-corrected chi connectivity index (χ1v) is 11.5. The van der Waals surface area contributed by atoms with Gasteiger partial charge in [0.15, 0.2) is 0 Å². The molecule has 1 N–H and O–H groups in total. The summed E-state index contributed by atoms with van der Waals surface area (Å²) in [4.78, 5) is 0.913. The molecule has 0 bridgehead atoms. The van der Waals surface area contributed by atoms with Gasteiger partial charge in [0.25, 0.3) is 0 Å². The number of halogens is 4. The zero-order valence-corrected chi connectivity index (χ0v) is 21.2. The van der Waals surface area contributed by atoms with Crippen LogP contribution in [0.4, 0.5) is 0 Å². The molecule has 0 atom stereocenters. The largest absolute Gasteiger partial charge is 0.507 e. The summed E-state index contributed by atoms with van der Waals surface area (Å²) in [5.41, 5.74) is 1.74. The fourth-order valence-corrected chi connectivity index (χ4v) is 3.44. The van der Waals surface area contributed by atoms with Crippen molar-refractivity contribution in [1.29, 1.82) is 0 Å². The number of benzene rings is 1. The Labute approximate surface area is 181 Å². The maximum atomic E-state index is 10.8. The number of aromatic hydroxyl groups is 1. The summed E-state index contributed by atoms with van der Waals surface area (Å²) in [5, 5.41) is 10.8. The number of alkyl halides is 4. The van der Waals surface area contributed by atoms with Crippen LogP contribution in [0.25, 0.3) is 0 Å². The Kier molecular flexibility index (Phi) is 7.58. The monoisotopic (exact) mass is 742 g/mol. The van der Waals surface area contributed by atoms with Crippen LogP contribution in [0.5, 0.6) is 5.75 Å². The van der Waals surface area contributed by atoms with Crippen molar-refractivity contribution >= 4 is 103 Å². The van der Waals surface area contributed by atoms with Gasteiger partial charge in [-0.3, -0.25) is 0 Å². The van der Waals surface area contributed by atoms with Crippen molar-refractivity contribution in [3.05, 3.63) is 23.3 Å². The molecule has 0 radical (unpaired) electrons. The standard InChI is InChI=1S/C14H18I4OS/c1-13(2,11(15)16)8-5-7(20)6-9(10(8)19)14(3,4)12(17)18/h5-6,11-12,19-20H,1-4H3. The Morgan fingerprint density at radius 2 is 1.20 bits per heavy atom. The van der Waals surface area contributed by atoms with Crippen molar-refractivity contribution in [3.8, 4) is 5.75 Å². The lowest BCUT2D eigenvalue weighted by atomic mass is 9.79. The lowest BCUT2D eigenvalue weighted by Crippen LogP contribution is -2.28. The zero-order valence-electron chi connectivity index (χ0n) is 11.7. The van der Waals surface area contributed by atoms with Gasteiger partial charge in [0.05, 0.1) is 3.86 Å². The molecule has 1 nitrogen and oxygen atoms in total. The highest BCUT2D eigenvalue weighted by Crippen LogP contribution is 2.47. The van der Waals surface area contributed by atoms with Gasteiger partial charge in [-0.2, -0.15) is 0 Å². The van der Waals surface area contributed by atoms with Gasteiger partial charge >= 0.3 is 0 Å². The summed E-state index contributed by atoms with van der Waals surface area (Å²) in [6.45, 7) is 8.67. The summed E-state index contributed by atoms with van der Waals surface area (Å²) >= 11 is 14.2. The molecule has 0 heterocycles. The van der Waals surface area contributed by atoms with Gasteiger partial charge in [-0.1, -0.05) is 118 Å². The van der Waals surface area contributed by atoms with Crippen LogP contribution in [0.3, 0.4) is 0 Å². The third kappa shape index (κ3) is 4.22. The number of phenols is 1. The van der Waals surface area contributed by atoms with Gasteiger partial charge in [0.2, 0.25) is 0 Å². The lowest BCUT2D eigenvalue weighted by molar-refractivity contribution is 0.424. The third-order valence-electron chi connectivity index (χ3n) is 3.57. The van der Waals surface area contributed by atoms with Crippen LogP contribution in [0.2, 0.25) is 0 Å². The molecule has 1 rings (SSSR count). The van der Waals surface area contributed by atoms with Crippen LogP contribution in [-0.4, -0.2) is 8.97 Å². The molecule has 114 valence electrons. The molecule has 0 saturated carbocycles. The fourth-order valence-electron chi connectivity index (χ4n) is 1.84. The van der Waals surface area contributed by atoms with Gasteiger partial charge in [-0.05, 0) is 12.1 Å². The minimum Gasteiger partial charge on any atom is -0.507 e. The lowest BCUT2D eigenvalue weighted by Gasteiger charge is -2.33. The molecule has 0 aromatic heterocycles. The SMILES string of the molecule is CC(C)(c1cc(S)cc(C(C)(C)C(I)I)c1O)C(I)I. The minimum absolute atomic E-state index is 0.110. The second kappa shape index (κ2) is 7.45. The van der Waals surface area contributed by atoms with E-state index in [0.717, 1.165) is 16.0 Å². The fraction of sp³-hybridized carbons (Fsp3) is 0.571. The Morgan fingerprint density at radius 3 is 1.45 bits per heavy atom. The Balaban J connectivity index is 3.57. The van der Waals surface area contributed by atoms with Crippen LogP contribution in [0.1, 0.15) is 38.8 Å². The van der Waals surface area contributed by atoms with Gasteiger partial charge in [0.1, 0.15) is 5.75 Å². The minimum atomic E-state index is -0.110. The van der Waals surface area contributed by atoms with E-state index < -0.39 is 0 Å². The molecule has 20 heavy (non-hydrogen) atoms. The molecule has 1 aromatic carbocycles. The molecular formula is C14H18I4OS. The number of rotatable bonds is 4. The number of hydrogen-bond donors (Lipinski definition) is 2. The first kappa shape index (κ1) is 20.3. The molecule has 0 spiro atoms. The van der Waals surface area contributed by atoms with Gasteiger partial charge in [-0.15, -0.1) is 12.6 Å². The van der Waals surface area contributed by atoms with E-state index in [4.69, 9.17) is 0 Å². The van der Waals surface area contributed by atoms with Crippen molar-refractivity contribution in [2.24, 2.45) is 0 Å². The van der Waals surface area contributed by atoms with E-state index in [0.29, 0.717) is 9.61 Å². The zero-order chi connectivity index (χ0) is 15.9. The van der Waals surface area contributed by atoms with Crippen LogP contribution in [-0.2, 0) is 10.8 Å². The van der Waals surface area contributed by atoms with Crippen molar-refractivity contribution in [3.63, 3.8) is 0 Å². The molecule has 0 amide bonds. The second-order valence-electron chi connectivity index (χ2n) is 5.93. The molecule has 0 saturated heterocycles. The van der Waals surface area contributed by atoms with Crippen molar-refractivity contribution in [1.82, 2.24) is 0 Å². The molecule has 0 fully saturated rings. The van der Waals surface area contributed by atoms with Crippen LogP contribution < -0.4 is 0 Å². The van der Waals surface area contributed by atoms with E-state index >= 15 is 0 Å². The molecule has 0 aliphatic heterocycles. The van der Waals surface area contributed by atoms with E-state index in [1.807, 2.05) is 12.1 Å². The highest BCUT2D eigenvalue weighted by molar-refractivity contribution is 14.2. The van der Waals surface area contributed by atoms with E-state index in [2.05, 4.69) is 131 Å². The summed E-state index contributed by atoms with van der Waals surface area (Å²) in [7, 11) is 0. The summed E-state index contributed by atoms with van der Waals surface area (Å²) in [6, 6.07) is 4.00. The first-order chi connectivity index (χ1) is 8.92. The van der Waals surface area contributed by atoms with Gasteiger partial charge < -0.3 is 5.11 Å². The molecule has 6 heteroatoms. The summed E-state index contributed by atoms with van der Waals surface area (Å²) in [5.74, 6) is 0.425. The summed E-state index contributed by atoms with van der Waals surface area (Å²) < 4.78 is 0.759. The normalized spacial score (nSPS) is 13.3. The smallest absolute Gasteiger partial charge is 0.123 e. The Morgan fingerprint density at radius 1 is 0.900 bits per heavy atom. The summed E-state index contributed by atoms with van der Waals surface area (Å²) in [6.07, 6.45) is 0. The molecule has 0 aliphatic rings. The number of phenolic OH excluding ortho intramolecular Hbond substituents is 1. The molecular weight excluding hydrogens is 724 g/mol. The van der Waals surface area contributed by atoms with Crippen molar-refractivity contribution < 1.29 is 5.11 Å². The Bertz CT molecular complexity index is 457. The van der Waals surface area contributed by atoms with Crippen LogP contribution in [0.15, 0.2) is 17.0 Å². The van der Waals surface area contributed by atoms with E-state index in [9.17, 15) is 5.11 Å². The topological polar surface area (TPSA) is 20.2 Å². The molecule has 1 aromatic rings. The van der Waals surface area contributed by atoms with Crippen molar-refractivity contribution in [2.45, 2.75) is 47.3 Å². The van der Waals surface area contributed by atoms with E-state index in [-0.39, 0.29) is 10.8 Å². The van der Waals surface area contributed by atoms with Gasteiger partial charge in [-0.25, -0.2) is 0 Å². The maximum Gasteiger partial charge on any atom is 0.123 e. The number of hydrogen-bond acceptors (Lipinski definition) is 2. The predicted octanol–water partition coefficient (Wildman–Crippen LogP) is 6.63. The van der Waals surface area contributed by atoms with Crippen LogP contribution in [0, 0.1) is 0 Å². The van der Waals surface area contributed by atoms with Crippen molar-refractivity contribution in [2.75, 3.05) is 0 Å². The predicted molar refractivity (Wildman–Crippen MR) is 125 cm³/mol. The second-order valence-corrected chi connectivity index (χ2v) is 16.2. The average molecular weight is 742 g/mol. The maximum absolute atomic E-state index is 10.8.